The molecule has 5 heteroatoms. The molecule has 0 aliphatic carbocycles. The van der Waals surface area contributed by atoms with Crippen LogP contribution in [0.25, 0.3) is 11.2 Å². The molecule has 0 saturated carbocycles. The Morgan fingerprint density at radius 1 is 1.27 bits per heavy atom. The average molecular weight is 151 g/mol. The van der Waals surface area contributed by atoms with Crippen LogP contribution in [-0.4, -0.2) is 15.0 Å². The average Bonchev–Trinajstić information content (AvgIpc) is 2.37. The second-order valence-corrected chi connectivity index (χ2v) is 2.51. The number of fused-ring (bicyclic) bond motifs is 1. The van der Waals surface area contributed by atoms with Crippen LogP contribution in [0.1, 0.15) is 5.56 Å². The molecule has 2 aromatic heterocycles. The van der Waals surface area contributed by atoms with Gasteiger partial charge in [-0.2, -0.15) is 4.98 Å². The number of H-pyrrole nitrogens is 2. The molecule has 6 N–H and O–H groups in total. The van der Waals surface area contributed by atoms with Crippen molar-refractivity contribution < 1.29 is 0 Å². The van der Waals surface area contributed by atoms with Crippen LogP contribution in [0.2, 0.25) is 0 Å². The molecule has 58 valence electrons. The molecule has 0 spiro atoms. The Kier molecular flexibility index (Phi) is 0.934. The summed E-state index contributed by atoms with van der Waals surface area (Å²) < 4.78 is 0. The number of aromatic amines is 2. The third-order valence-electron chi connectivity index (χ3n) is 1.75. The van der Waals surface area contributed by atoms with Gasteiger partial charge in [0.15, 0.2) is 11.6 Å². The van der Waals surface area contributed by atoms with Crippen molar-refractivity contribution in [2.45, 2.75) is 6.92 Å². The zero-order valence-corrected chi connectivity index (χ0v) is 6.10. The molecule has 0 radical (unpaired) electrons. The van der Waals surface area contributed by atoms with Crippen molar-refractivity contribution in [3.8, 4) is 0 Å². The largest absolute Gasteiger partial charge is 0.385 e. The summed E-state index contributed by atoms with van der Waals surface area (Å²) in [6.07, 6.45) is 0. The van der Waals surface area contributed by atoms with E-state index in [9.17, 15) is 0 Å². The van der Waals surface area contributed by atoms with Crippen molar-refractivity contribution in [1.29, 1.82) is 0 Å². The quantitative estimate of drug-likeness (QED) is 0.437. The molecule has 0 unspecified atom stereocenters. The number of nitrogen functional groups attached to an aromatic ring is 2. The number of nitrogens with two attached hydrogens (primary N) is 2. The summed E-state index contributed by atoms with van der Waals surface area (Å²) in [5.41, 5.74) is 13.6. The highest BCUT2D eigenvalue weighted by molar-refractivity contribution is 5.83. The molecule has 2 heterocycles. The third-order valence-corrected chi connectivity index (χ3v) is 1.75. The van der Waals surface area contributed by atoms with Gasteiger partial charge in [0, 0.05) is 5.56 Å². The van der Waals surface area contributed by atoms with Gasteiger partial charge in [-0.3, -0.25) is 0 Å². The van der Waals surface area contributed by atoms with E-state index in [0.29, 0.717) is 11.8 Å². The van der Waals surface area contributed by atoms with Crippen molar-refractivity contribution in [3.05, 3.63) is 5.56 Å². The minimum absolute atomic E-state index is 0.411. The normalized spacial score (nSPS) is 11.0. The molecule has 0 fully saturated rings. The van der Waals surface area contributed by atoms with Crippen molar-refractivity contribution in [2.24, 2.45) is 0 Å². The first-order valence-electron chi connectivity index (χ1n) is 3.27. The highest BCUT2D eigenvalue weighted by Gasteiger charge is 2.07. The molecule has 0 amide bonds. The Labute approximate surface area is 62.8 Å². The first kappa shape index (κ1) is 6.09. The van der Waals surface area contributed by atoms with E-state index >= 15 is 0 Å². The Balaban J connectivity index is 2.88. The number of hydrogen-bond acceptors (Lipinski definition) is 3. The molecule has 2 rings (SSSR count). The molecule has 5 nitrogen and oxygen atoms in total. The van der Waals surface area contributed by atoms with E-state index in [4.69, 9.17) is 11.5 Å². The van der Waals surface area contributed by atoms with Crippen molar-refractivity contribution >= 4 is 22.9 Å². The van der Waals surface area contributed by atoms with Crippen molar-refractivity contribution in [3.63, 3.8) is 0 Å². The van der Waals surface area contributed by atoms with E-state index in [1.807, 2.05) is 6.92 Å². The molecule has 0 aliphatic rings. The highest BCUT2D eigenvalue weighted by atomic mass is 15.1. The molecule has 0 saturated heterocycles. The van der Waals surface area contributed by atoms with Crippen LogP contribution in [0, 0.1) is 6.92 Å². The van der Waals surface area contributed by atoms with Crippen LogP contribution in [-0.2, 0) is 0 Å². The van der Waals surface area contributed by atoms with Gasteiger partial charge in [0.25, 0.3) is 0 Å². The number of aryl methyl sites for hydroxylation is 1. The summed E-state index contributed by atoms with van der Waals surface area (Å²) in [5, 5.41) is 0. The second-order valence-electron chi connectivity index (χ2n) is 2.51. The molecular weight excluding hydrogens is 142 g/mol. The van der Waals surface area contributed by atoms with Gasteiger partial charge < -0.3 is 21.4 Å². The van der Waals surface area contributed by atoms with E-state index in [0.717, 1.165) is 16.7 Å². The van der Waals surface area contributed by atoms with Gasteiger partial charge in [0.05, 0.1) is 5.52 Å². The van der Waals surface area contributed by atoms with Gasteiger partial charge in [-0.15, -0.1) is 0 Å². The Morgan fingerprint density at radius 3 is 2.64 bits per heavy atom. The van der Waals surface area contributed by atoms with Gasteiger partial charge >= 0.3 is 0 Å². The first-order chi connectivity index (χ1) is 5.18. The van der Waals surface area contributed by atoms with E-state index < -0.39 is 0 Å². The van der Waals surface area contributed by atoms with Crippen LogP contribution >= 0.6 is 0 Å². The summed E-state index contributed by atoms with van der Waals surface area (Å²) in [4.78, 5) is 9.79. The number of anilines is 2. The van der Waals surface area contributed by atoms with E-state index in [-0.39, 0.29) is 0 Å². The van der Waals surface area contributed by atoms with Crippen LogP contribution in [0.15, 0.2) is 0 Å². The van der Waals surface area contributed by atoms with E-state index in [1.165, 1.54) is 0 Å². The maximum atomic E-state index is 5.59. The van der Waals surface area contributed by atoms with Gasteiger partial charge in [0.2, 0.25) is 0 Å². The molecule has 0 bridgehead atoms. The van der Waals surface area contributed by atoms with E-state index in [1.54, 1.807) is 0 Å². The summed E-state index contributed by atoms with van der Waals surface area (Å²) in [7, 11) is 0. The predicted octanol–water partition coefficient (Wildman–Crippen LogP) is 0.364. The SMILES string of the molecule is Cc1c(N)[nH]c2nc(N)[nH]c12. The van der Waals surface area contributed by atoms with Crippen LogP contribution in [0.5, 0.6) is 0 Å². The highest BCUT2D eigenvalue weighted by Crippen LogP contribution is 2.20. The van der Waals surface area contributed by atoms with Crippen molar-refractivity contribution in [1.82, 2.24) is 15.0 Å². The van der Waals surface area contributed by atoms with Crippen LogP contribution in [0.4, 0.5) is 11.8 Å². The zero-order valence-electron chi connectivity index (χ0n) is 6.10. The lowest BCUT2D eigenvalue weighted by Gasteiger charge is -1.86. The summed E-state index contributed by atoms with van der Waals surface area (Å²) >= 11 is 0. The summed E-state index contributed by atoms with van der Waals surface area (Å²) in [6, 6.07) is 0. The predicted molar refractivity (Wildman–Crippen MR) is 44.0 cm³/mol. The van der Waals surface area contributed by atoms with Crippen LogP contribution < -0.4 is 11.5 Å². The fourth-order valence-corrected chi connectivity index (χ4v) is 1.11. The fourth-order valence-electron chi connectivity index (χ4n) is 1.11. The first-order valence-corrected chi connectivity index (χ1v) is 3.27. The van der Waals surface area contributed by atoms with Crippen LogP contribution in [0.3, 0.4) is 0 Å². The molecule has 0 atom stereocenters. The number of aromatic nitrogens is 3. The second kappa shape index (κ2) is 1.69. The Morgan fingerprint density at radius 2 is 2.00 bits per heavy atom. The fraction of sp³-hybridized carbons (Fsp3) is 0.167. The smallest absolute Gasteiger partial charge is 0.199 e. The maximum Gasteiger partial charge on any atom is 0.199 e. The lowest BCUT2D eigenvalue weighted by atomic mass is 10.3. The number of rotatable bonds is 0. The third kappa shape index (κ3) is 0.674. The number of nitrogens with zero attached hydrogens (tertiary/aromatic N) is 1. The molecule has 11 heavy (non-hydrogen) atoms. The number of imidazole rings is 1. The molecular formula is C6H9N5. The van der Waals surface area contributed by atoms with Gasteiger partial charge in [-0.05, 0) is 6.92 Å². The summed E-state index contributed by atoms with van der Waals surface area (Å²) in [5.74, 6) is 1.05. The summed E-state index contributed by atoms with van der Waals surface area (Å²) in [6.45, 7) is 1.91. The maximum absolute atomic E-state index is 5.59. The monoisotopic (exact) mass is 151 g/mol. The lowest BCUT2D eigenvalue weighted by Crippen LogP contribution is -1.89. The van der Waals surface area contributed by atoms with Crippen molar-refractivity contribution in [2.75, 3.05) is 11.5 Å². The van der Waals surface area contributed by atoms with E-state index in [2.05, 4.69) is 15.0 Å². The minimum atomic E-state index is 0.411. The zero-order chi connectivity index (χ0) is 8.01. The Bertz CT molecular complexity index is 396. The minimum Gasteiger partial charge on any atom is -0.385 e. The number of nitrogens with one attached hydrogen (secondary N) is 2. The molecule has 0 aliphatic heterocycles. The standard InChI is InChI=1S/C6H9N5/c1-2-3-5(10-4(2)7)11-6(8)9-3/h10H,7H2,1H3,(H3,8,9,11). The number of hydrogen-bond donors (Lipinski definition) is 4. The Hall–Kier alpha value is -1.65. The molecule has 2 aromatic rings. The van der Waals surface area contributed by atoms with Gasteiger partial charge in [-0.1, -0.05) is 0 Å². The van der Waals surface area contributed by atoms with Gasteiger partial charge in [-0.25, -0.2) is 0 Å². The topological polar surface area (TPSA) is 96.5 Å². The lowest BCUT2D eigenvalue weighted by molar-refractivity contribution is 1.29. The molecule has 0 aromatic carbocycles. The van der Waals surface area contributed by atoms with Gasteiger partial charge in [0.1, 0.15) is 5.82 Å².